The van der Waals surface area contributed by atoms with Crippen LogP contribution in [-0.4, -0.2) is 40.9 Å². The topological polar surface area (TPSA) is 79.5 Å². The first-order valence-corrected chi connectivity index (χ1v) is 5.29. The summed E-state index contributed by atoms with van der Waals surface area (Å²) < 4.78 is 37.3. The summed E-state index contributed by atoms with van der Waals surface area (Å²) in [5.74, 6) is -0.392. The van der Waals surface area contributed by atoms with Crippen LogP contribution < -0.4 is 4.90 Å². The predicted octanol–water partition coefficient (Wildman–Crippen LogP) is 1.66. The average Bonchev–Trinajstić information content (AvgIpc) is 2.26. The number of halogens is 3. The Labute approximate surface area is 106 Å². The van der Waals surface area contributed by atoms with E-state index in [4.69, 9.17) is 5.11 Å². The van der Waals surface area contributed by atoms with Gasteiger partial charge in [-0.2, -0.15) is 13.2 Å². The van der Waals surface area contributed by atoms with Gasteiger partial charge in [0.1, 0.15) is 6.54 Å². The van der Waals surface area contributed by atoms with Crippen LogP contribution in [0.25, 0.3) is 0 Å². The van der Waals surface area contributed by atoms with E-state index in [0.717, 1.165) is 6.07 Å². The molecule has 19 heavy (non-hydrogen) atoms. The van der Waals surface area contributed by atoms with Gasteiger partial charge in [0.25, 0.3) is 0 Å². The molecule has 0 saturated carbocycles. The van der Waals surface area contributed by atoms with Crippen molar-refractivity contribution in [3.05, 3.63) is 27.9 Å². The summed E-state index contributed by atoms with van der Waals surface area (Å²) in [5.41, 5.74) is -0.172. The van der Waals surface area contributed by atoms with Crippen LogP contribution in [0.3, 0.4) is 0 Å². The SMILES string of the molecule is Cc1ccc([N+](=O)[O-])c(N(CCO)CC(F)(F)F)n1. The molecular formula is C10H12F3N3O3. The minimum atomic E-state index is -4.55. The molecule has 0 aliphatic carbocycles. The lowest BCUT2D eigenvalue weighted by molar-refractivity contribution is -0.384. The van der Waals surface area contributed by atoms with Crippen molar-refractivity contribution in [3.8, 4) is 0 Å². The first-order valence-electron chi connectivity index (χ1n) is 5.29. The van der Waals surface area contributed by atoms with E-state index in [1.54, 1.807) is 0 Å². The zero-order chi connectivity index (χ0) is 14.6. The summed E-state index contributed by atoms with van der Waals surface area (Å²) in [6.45, 7) is -0.859. The summed E-state index contributed by atoms with van der Waals surface area (Å²) in [4.78, 5) is 14.4. The summed E-state index contributed by atoms with van der Waals surface area (Å²) in [7, 11) is 0. The maximum atomic E-state index is 12.4. The van der Waals surface area contributed by atoms with Crippen molar-refractivity contribution < 1.29 is 23.2 Å². The zero-order valence-electron chi connectivity index (χ0n) is 10.0. The Morgan fingerprint density at radius 1 is 1.47 bits per heavy atom. The maximum Gasteiger partial charge on any atom is 0.405 e. The van der Waals surface area contributed by atoms with E-state index in [1.165, 1.54) is 13.0 Å². The number of alkyl halides is 3. The fourth-order valence-electron chi connectivity index (χ4n) is 1.51. The predicted molar refractivity (Wildman–Crippen MR) is 61.0 cm³/mol. The molecular weight excluding hydrogens is 267 g/mol. The number of nitrogens with zero attached hydrogens (tertiary/aromatic N) is 3. The Morgan fingerprint density at radius 3 is 2.58 bits per heavy atom. The Morgan fingerprint density at radius 2 is 2.11 bits per heavy atom. The summed E-state index contributed by atoms with van der Waals surface area (Å²) in [5, 5.41) is 19.6. The van der Waals surface area contributed by atoms with Gasteiger partial charge in [-0.3, -0.25) is 10.1 Å². The van der Waals surface area contributed by atoms with Crippen molar-refractivity contribution in [1.29, 1.82) is 0 Å². The number of aromatic nitrogens is 1. The third-order valence-electron chi connectivity index (χ3n) is 2.23. The smallest absolute Gasteiger partial charge is 0.395 e. The third-order valence-corrected chi connectivity index (χ3v) is 2.23. The van der Waals surface area contributed by atoms with Gasteiger partial charge in [0.05, 0.1) is 11.5 Å². The number of hydrogen-bond acceptors (Lipinski definition) is 5. The molecule has 1 N–H and O–H groups in total. The highest BCUT2D eigenvalue weighted by Crippen LogP contribution is 2.28. The van der Waals surface area contributed by atoms with E-state index in [1.807, 2.05) is 0 Å². The monoisotopic (exact) mass is 279 g/mol. The third kappa shape index (κ3) is 4.36. The average molecular weight is 279 g/mol. The van der Waals surface area contributed by atoms with E-state index < -0.39 is 42.3 Å². The van der Waals surface area contributed by atoms with Crippen LogP contribution in [0.15, 0.2) is 12.1 Å². The van der Waals surface area contributed by atoms with Crippen LogP contribution in [-0.2, 0) is 0 Å². The molecule has 1 rings (SSSR count). The number of aryl methyl sites for hydroxylation is 1. The molecule has 1 heterocycles. The van der Waals surface area contributed by atoms with E-state index in [9.17, 15) is 23.3 Å². The normalized spacial score (nSPS) is 11.4. The molecule has 0 spiro atoms. The van der Waals surface area contributed by atoms with Crippen LogP contribution in [0.2, 0.25) is 0 Å². The molecule has 0 aromatic carbocycles. The number of nitro groups is 1. The van der Waals surface area contributed by atoms with Gasteiger partial charge < -0.3 is 10.0 Å². The lowest BCUT2D eigenvalue weighted by Gasteiger charge is -2.23. The first-order chi connectivity index (χ1) is 8.74. The lowest BCUT2D eigenvalue weighted by Crippen LogP contribution is -2.37. The van der Waals surface area contributed by atoms with Crippen LogP contribution in [0.4, 0.5) is 24.7 Å². The van der Waals surface area contributed by atoms with Gasteiger partial charge in [0, 0.05) is 18.3 Å². The van der Waals surface area contributed by atoms with Gasteiger partial charge in [-0.05, 0) is 13.0 Å². The minimum Gasteiger partial charge on any atom is -0.395 e. The van der Waals surface area contributed by atoms with Crippen LogP contribution in [0, 0.1) is 17.0 Å². The molecule has 0 amide bonds. The molecule has 1 aromatic heterocycles. The molecule has 0 unspecified atom stereocenters. The molecule has 0 bridgehead atoms. The largest absolute Gasteiger partial charge is 0.405 e. The highest BCUT2D eigenvalue weighted by Gasteiger charge is 2.33. The molecule has 106 valence electrons. The van der Waals surface area contributed by atoms with Crippen molar-refractivity contribution in [3.63, 3.8) is 0 Å². The number of aliphatic hydroxyl groups excluding tert-OH is 1. The molecule has 0 radical (unpaired) electrons. The van der Waals surface area contributed by atoms with Crippen molar-refractivity contribution >= 4 is 11.5 Å². The Balaban J connectivity index is 3.20. The number of anilines is 1. The van der Waals surface area contributed by atoms with Crippen molar-refractivity contribution in [1.82, 2.24) is 4.98 Å². The van der Waals surface area contributed by atoms with Gasteiger partial charge in [0.2, 0.25) is 5.82 Å². The Kier molecular flexibility index (Phi) is 4.65. The second kappa shape index (κ2) is 5.83. The number of pyridine rings is 1. The maximum absolute atomic E-state index is 12.4. The van der Waals surface area contributed by atoms with Crippen LogP contribution >= 0.6 is 0 Å². The van der Waals surface area contributed by atoms with Gasteiger partial charge in [0.15, 0.2) is 0 Å². The highest BCUT2D eigenvalue weighted by atomic mass is 19.4. The van der Waals surface area contributed by atoms with Crippen molar-refractivity contribution in [2.24, 2.45) is 0 Å². The second-order valence-electron chi connectivity index (χ2n) is 3.81. The lowest BCUT2D eigenvalue weighted by atomic mass is 10.3. The number of aliphatic hydroxyl groups is 1. The van der Waals surface area contributed by atoms with Crippen molar-refractivity contribution in [2.75, 3.05) is 24.6 Å². The Bertz CT molecular complexity index is 465. The molecule has 0 fully saturated rings. The minimum absolute atomic E-state index is 0.353. The van der Waals surface area contributed by atoms with E-state index in [2.05, 4.69) is 4.98 Å². The summed E-state index contributed by atoms with van der Waals surface area (Å²) >= 11 is 0. The Hall–Kier alpha value is -1.90. The zero-order valence-corrected chi connectivity index (χ0v) is 10.0. The number of rotatable bonds is 5. The summed E-state index contributed by atoms with van der Waals surface area (Å²) in [6, 6.07) is 2.44. The standard InChI is InChI=1S/C10H12F3N3O3/c1-7-2-3-8(16(18)19)9(14-7)15(4-5-17)6-10(11,12)13/h2-3,17H,4-6H2,1H3. The van der Waals surface area contributed by atoms with Gasteiger partial charge in [-0.15, -0.1) is 0 Å². The second-order valence-corrected chi connectivity index (χ2v) is 3.81. The first kappa shape index (κ1) is 15.2. The quantitative estimate of drug-likeness (QED) is 0.655. The molecule has 6 nitrogen and oxygen atoms in total. The van der Waals surface area contributed by atoms with Crippen LogP contribution in [0.5, 0.6) is 0 Å². The van der Waals surface area contributed by atoms with Crippen molar-refractivity contribution in [2.45, 2.75) is 13.1 Å². The fourth-order valence-corrected chi connectivity index (χ4v) is 1.51. The molecule has 0 aliphatic heterocycles. The molecule has 0 atom stereocenters. The molecule has 9 heteroatoms. The van der Waals surface area contributed by atoms with E-state index in [0.29, 0.717) is 10.6 Å². The summed E-state index contributed by atoms with van der Waals surface area (Å²) in [6.07, 6.45) is -4.55. The molecule has 1 aromatic rings. The highest BCUT2D eigenvalue weighted by molar-refractivity contribution is 5.58. The van der Waals surface area contributed by atoms with E-state index >= 15 is 0 Å². The van der Waals surface area contributed by atoms with Crippen LogP contribution in [0.1, 0.15) is 5.69 Å². The molecule has 0 saturated heterocycles. The van der Waals surface area contributed by atoms with Gasteiger partial charge in [-0.1, -0.05) is 0 Å². The fraction of sp³-hybridized carbons (Fsp3) is 0.500. The van der Waals surface area contributed by atoms with Gasteiger partial charge >= 0.3 is 11.9 Å². The number of hydrogen-bond donors (Lipinski definition) is 1. The molecule has 0 aliphatic rings. The van der Waals surface area contributed by atoms with E-state index in [-0.39, 0.29) is 0 Å². The van der Waals surface area contributed by atoms with Gasteiger partial charge in [-0.25, -0.2) is 4.98 Å².